The zero-order valence-corrected chi connectivity index (χ0v) is 12.4. The van der Waals surface area contributed by atoms with Gasteiger partial charge in [0, 0.05) is 18.8 Å². The lowest BCUT2D eigenvalue weighted by Crippen LogP contribution is -2.13. The number of nitrogens with two attached hydrogens (primary N) is 1. The molecule has 20 heavy (non-hydrogen) atoms. The van der Waals surface area contributed by atoms with Crippen LogP contribution in [0.15, 0.2) is 18.5 Å². The molecule has 0 aliphatic heterocycles. The van der Waals surface area contributed by atoms with Crippen LogP contribution in [0.4, 0.5) is 5.82 Å². The molecule has 0 fully saturated rings. The molecule has 6 nitrogen and oxygen atoms in total. The predicted octanol–water partition coefficient (Wildman–Crippen LogP) is 1.43. The molecule has 2 heterocycles. The number of aromatic nitrogens is 4. The Bertz CT molecular complexity index is 589. The van der Waals surface area contributed by atoms with Gasteiger partial charge < -0.3 is 11.1 Å². The molecule has 0 aliphatic rings. The van der Waals surface area contributed by atoms with Crippen molar-refractivity contribution in [3.63, 3.8) is 0 Å². The molecule has 2 aromatic heterocycles. The van der Waals surface area contributed by atoms with Gasteiger partial charge in [0.2, 0.25) is 0 Å². The summed E-state index contributed by atoms with van der Waals surface area (Å²) in [5, 5.41) is 7.63. The van der Waals surface area contributed by atoms with Gasteiger partial charge in [-0.1, -0.05) is 12.2 Å². The van der Waals surface area contributed by atoms with E-state index in [2.05, 4.69) is 33.4 Å². The second-order valence-corrected chi connectivity index (χ2v) is 5.02. The van der Waals surface area contributed by atoms with Gasteiger partial charge in [-0.15, -0.1) is 0 Å². The van der Waals surface area contributed by atoms with Crippen LogP contribution in [-0.4, -0.2) is 31.3 Å². The Hall–Kier alpha value is -2.02. The van der Waals surface area contributed by atoms with Gasteiger partial charge in [0.15, 0.2) is 0 Å². The van der Waals surface area contributed by atoms with Crippen LogP contribution in [0.2, 0.25) is 0 Å². The molecule has 106 valence electrons. The minimum absolute atomic E-state index is 0.258. The molecule has 0 radical (unpaired) electrons. The SMILES string of the molecule is Cc1cc(C)n(CCCNc2cnc(C(N)=S)cn2)n1. The summed E-state index contributed by atoms with van der Waals surface area (Å²) in [5.74, 6) is 0.721. The maximum absolute atomic E-state index is 5.46. The summed E-state index contributed by atoms with van der Waals surface area (Å²) in [7, 11) is 0. The van der Waals surface area contributed by atoms with Crippen LogP contribution < -0.4 is 11.1 Å². The zero-order chi connectivity index (χ0) is 14.5. The van der Waals surface area contributed by atoms with E-state index in [9.17, 15) is 0 Å². The lowest BCUT2D eigenvalue weighted by molar-refractivity contribution is 0.573. The fraction of sp³-hybridized carbons (Fsp3) is 0.385. The Morgan fingerprint density at radius 3 is 2.70 bits per heavy atom. The molecule has 0 saturated carbocycles. The number of nitrogens with one attached hydrogen (secondary N) is 1. The summed E-state index contributed by atoms with van der Waals surface area (Å²) >= 11 is 4.83. The first-order chi connectivity index (χ1) is 9.56. The fourth-order valence-electron chi connectivity index (χ4n) is 1.89. The van der Waals surface area contributed by atoms with Crippen LogP contribution in [-0.2, 0) is 6.54 Å². The van der Waals surface area contributed by atoms with Crippen molar-refractivity contribution in [2.45, 2.75) is 26.8 Å². The number of thiocarbonyl (C=S) groups is 1. The maximum Gasteiger partial charge on any atom is 0.144 e. The van der Waals surface area contributed by atoms with Gasteiger partial charge >= 0.3 is 0 Å². The van der Waals surface area contributed by atoms with Crippen molar-refractivity contribution in [2.75, 3.05) is 11.9 Å². The van der Waals surface area contributed by atoms with E-state index in [1.807, 2.05) is 11.6 Å². The normalized spacial score (nSPS) is 10.5. The first-order valence-electron chi connectivity index (χ1n) is 6.43. The molecule has 2 rings (SSSR count). The van der Waals surface area contributed by atoms with Gasteiger partial charge in [-0.3, -0.25) is 4.68 Å². The van der Waals surface area contributed by atoms with Gasteiger partial charge in [-0.25, -0.2) is 9.97 Å². The average molecular weight is 290 g/mol. The zero-order valence-electron chi connectivity index (χ0n) is 11.6. The highest BCUT2D eigenvalue weighted by molar-refractivity contribution is 7.80. The Kier molecular flexibility index (Phi) is 4.62. The Balaban J connectivity index is 1.78. The second-order valence-electron chi connectivity index (χ2n) is 4.58. The molecule has 0 unspecified atom stereocenters. The van der Waals surface area contributed by atoms with E-state index in [-0.39, 0.29) is 4.99 Å². The molecular formula is C13H18N6S. The largest absolute Gasteiger partial charge is 0.388 e. The molecule has 0 aliphatic carbocycles. The van der Waals surface area contributed by atoms with Gasteiger partial charge in [-0.2, -0.15) is 5.10 Å². The quantitative estimate of drug-likeness (QED) is 0.618. The summed E-state index contributed by atoms with van der Waals surface area (Å²) < 4.78 is 2.01. The summed E-state index contributed by atoms with van der Waals surface area (Å²) in [6.07, 6.45) is 4.17. The number of hydrogen-bond donors (Lipinski definition) is 2. The number of rotatable bonds is 6. The van der Waals surface area contributed by atoms with Gasteiger partial charge in [-0.05, 0) is 26.3 Å². The molecule has 0 aromatic carbocycles. The van der Waals surface area contributed by atoms with Crippen LogP contribution in [0.5, 0.6) is 0 Å². The van der Waals surface area contributed by atoms with Crippen molar-refractivity contribution in [2.24, 2.45) is 5.73 Å². The molecule has 0 spiro atoms. The Morgan fingerprint density at radius 1 is 1.35 bits per heavy atom. The Morgan fingerprint density at radius 2 is 2.15 bits per heavy atom. The number of hydrogen-bond acceptors (Lipinski definition) is 5. The molecule has 3 N–H and O–H groups in total. The van der Waals surface area contributed by atoms with Crippen LogP contribution in [0.3, 0.4) is 0 Å². The smallest absolute Gasteiger partial charge is 0.144 e. The topological polar surface area (TPSA) is 81.7 Å². The van der Waals surface area contributed by atoms with E-state index in [4.69, 9.17) is 18.0 Å². The van der Waals surface area contributed by atoms with Crippen LogP contribution in [0.1, 0.15) is 23.5 Å². The van der Waals surface area contributed by atoms with Gasteiger partial charge in [0.1, 0.15) is 16.5 Å². The third-order valence-corrected chi connectivity index (χ3v) is 3.07. The molecule has 2 aromatic rings. The van der Waals surface area contributed by atoms with E-state index in [1.54, 1.807) is 12.4 Å². The first-order valence-corrected chi connectivity index (χ1v) is 6.84. The third kappa shape index (κ3) is 3.74. The second kappa shape index (κ2) is 6.42. The van der Waals surface area contributed by atoms with Crippen molar-refractivity contribution in [1.82, 2.24) is 19.7 Å². The third-order valence-electron chi connectivity index (χ3n) is 2.86. The van der Waals surface area contributed by atoms with E-state index in [0.29, 0.717) is 5.69 Å². The molecule has 7 heteroatoms. The van der Waals surface area contributed by atoms with Gasteiger partial charge in [0.25, 0.3) is 0 Å². The predicted molar refractivity (Wildman–Crippen MR) is 82.7 cm³/mol. The lowest BCUT2D eigenvalue weighted by atomic mass is 10.4. The van der Waals surface area contributed by atoms with E-state index >= 15 is 0 Å². The van der Waals surface area contributed by atoms with E-state index in [1.165, 1.54) is 5.69 Å². The van der Waals surface area contributed by atoms with Crippen LogP contribution in [0, 0.1) is 13.8 Å². The highest BCUT2D eigenvalue weighted by Crippen LogP contribution is 2.04. The first kappa shape index (κ1) is 14.4. The Labute approximate surface area is 123 Å². The highest BCUT2D eigenvalue weighted by Gasteiger charge is 2.01. The highest BCUT2D eigenvalue weighted by atomic mass is 32.1. The van der Waals surface area contributed by atoms with Crippen molar-refractivity contribution < 1.29 is 0 Å². The molecular weight excluding hydrogens is 272 g/mol. The minimum Gasteiger partial charge on any atom is -0.388 e. The summed E-state index contributed by atoms with van der Waals surface area (Å²) in [5.41, 5.74) is 8.23. The summed E-state index contributed by atoms with van der Waals surface area (Å²) in [6.45, 7) is 5.75. The van der Waals surface area contributed by atoms with Crippen molar-refractivity contribution >= 4 is 23.0 Å². The molecule has 0 bridgehead atoms. The van der Waals surface area contributed by atoms with E-state index < -0.39 is 0 Å². The van der Waals surface area contributed by atoms with Crippen molar-refractivity contribution in [3.8, 4) is 0 Å². The van der Waals surface area contributed by atoms with Crippen LogP contribution >= 0.6 is 12.2 Å². The van der Waals surface area contributed by atoms with Crippen LogP contribution in [0.25, 0.3) is 0 Å². The average Bonchev–Trinajstić information content (AvgIpc) is 2.73. The van der Waals surface area contributed by atoms with E-state index in [0.717, 1.165) is 31.0 Å². The summed E-state index contributed by atoms with van der Waals surface area (Å²) in [6, 6.07) is 2.08. The number of anilines is 1. The summed E-state index contributed by atoms with van der Waals surface area (Å²) in [4.78, 5) is 8.58. The molecule has 0 saturated heterocycles. The monoisotopic (exact) mass is 290 g/mol. The molecule has 0 amide bonds. The fourth-order valence-corrected chi connectivity index (χ4v) is 2.00. The van der Waals surface area contributed by atoms with Crippen molar-refractivity contribution in [1.29, 1.82) is 0 Å². The van der Waals surface area contributed by atoms with Gasteiger partial charge in [0.05, 0.1) is 18.1 Å². The minimum atomic E-state index is 0.258. The van der Waals surface area contributed by atoms with Crippen molar-refractivity contribution in [3.05, 3.63) is 35.5 Å². The standard InChI is InChI=1S/C13H18N6S/c1-9-6-10(2)19(18-9)5-3-4-15-12-8-16-11(7-17-12)13(14)20/h6-8H,3-5H2,1-2H3,(H2,14,20)(H,15,17). The molecule has 0 atom stereocenters. The number of aryl methyl sites for hydroxylation is 3. The number of nitrogens with zero attached hydrogens (tertiary/aromatic N) is 4. The maximum atomic E-state index is 5.46. The lowest BCUT2D eigenvalue weighted by Gasteiger charge is -2.07.